The first-order valence-electron chi connectivity index (χ1n) is 9.74. The molecule has 29 heavy (non-hydrogen) atoms. The van der Waals surface area contributed by atoms with E-state index in [1.165, 1.54) is 0 Å². The molecule has 1 aliphatic rings. The number of H-pyrrole nitrogens is 1. The Morgan fingerprint density at radius 3 is 2.83 bits per heavy atom. The van der Waals surface area contributed by atoms with E-state index < -0.39 is 0 Å². The van der Waals surface area contributed by atoms with E-state index in [-0.39, 0.29) is 17.7 Å². The second-order valence-electron chi connectivity index (χ2n) is 7.33. The Hall–Kier alpha value is -3.48. The van der Waals surface area contributed by atoms with Crippen LogP contribution in [-0.2, 0) is 4.79 Å². The average Bonchev–Trinajstić information content (AvgIpc) is 3.24. The highest BCUT2D eigenvalue weighted by Gasteiger charge is 2.29. The molecule has 148 valence electrons. The molecule has 1 atom stereocenters. The zero-order valence-corrected chi connectivity index (χ0v) is 16.3. The van der Waals surface area contributed by atoms with Crippen molar-refractivity contribution in [1.82, 2.24) is 20.1 Å². The largest absolute Gasteiger partial charge is 0.337 e. The van der Waals surface area contributed by atoms with Crippen LogP contribution in [0.25, 0.3) is 11.4 Å². The van der Waals surface area contributed by atoms with Gasteiger partial charge in [0.15, 0.2) is 0 Å². The van der Waals surface area contributed by atoms with Crippen molar-refractivity contribution in [1.29, 1.82) is 0 Å². The Kier molecular flexibility index (Phi) is 5.37. The van der Waals surface area contributed by atoms with Gasteiger partial charge in [0.2, 0.25) is 5.91 Å². The average molecular weight is 389 g/mol. The Labute approximate surface area is 169 Å². The summed E-state index contributed by atoms with van der Waals surface area (Å²) < 4.78 is 0. The minimum Gasteiger partial charge on any atom is -0.337 e. The number of aryl methyl sites for hydroxylation is 1. The lowest BCUT2D eigenvalue weighted by molar-refractivity contribution is -0.121. The Balaban J connectivity index is 1.42. The first-order valence-corrected chi connectivity index (χ1v) is 9.74. The fourth-order valence-electron chi connectivity index (χ4n) is 3.59. The summed E-state index contributed by atoms with van der Waals surface area (Å²) in [5.41, 5.74) is 3.61. The summed E-state index contributed by atoms with van der Waals surface area (Å²) in [7, 11) is 0. The summed E-state index contributed by atoms with van der Waals surface area (Å²) in [4.78, 5) is 31.6. The van der Waals surface area contributed by atoms with Crippen LogP contribution in [0.15, 0.2) is 54.7 Å². The number of amides is 2. The van der Waals surface area contributed by atoms with Gasteiger partial charge in [0, 0.05) is 25.0 Å². The molecule has 2 N–H and O–H groups in total. The highest BCUT2D eigenvalue weighted by atomic mass is 16.2. The molecule has 7 heteroatoms. The van der Waals surface area contributed by atoms with Gasteiger partial charge in [-0.05, 0) is 55.7 Å². The maximum atomic E-state index is 12.9. The van der Waals surface area contributed by atoms with E-state index in [1.54, 1.807) is 17.2 Å². The maximum absolute atomic E-state index is 12.9. The van der Waals surface area contributed by atoms with Gasteiger partial charge in [-0.3, -0.25) is 19.7 Å². The Bertz CT molecular complexity index is 1010. The van der Waals surface area contributed by atoms with E-state index in [0.29, 0.717) is 30.2 Å². The number of carbonyl (C=O) groups excluding carboxylic acids is 2. The summed E-state index contributed by atoms with van der Waals surface area (Å²) in [5.74, 6) is -0.425. The van der Waals surface area contributed by atoms with Gasteiger partial charge in [-0.15, -0.1) is 0 Å². The number of pyridine rings is 1. The number of anilines is 1. The predicted molar refractivity (Wildman–Crippen MR) is 110 cm³/mol. The van der Waals surface area contributed by atoms with Gasteiger partial charge in [-0.2, -0.15) is 5.10 Å². The molecule has 2 aromatic heterocycles. The lowest BCUT2D eigenvalue weighted by Crippen LogP contribution is -2.43. The molecule has 0 unspecified atom stereocenters. The lowest BCUT2D eigenvalue weighted by atomic mass is 9.96. The third kappa shape index (κ3) is 4.34. The summed E-state index contributed by atoms with van der Waals surface area (Å²) in [6.45, 7) is 3.01. The molecule has 0 aliphatic carbocycles. The zero-order chi connectivity index (χ0) is 20.2. The van der Waals surface area contributed by atoms with Crippen LogP contribution in [0.3, 0.4) is 0 Å². The second-order valence-corrected chi connectivity index (χ2v) is 7.33. The number of aromatic nitrogens is 3. The molecule has 0 bridgehead atoms. The number of benzene rings is 1. The molecule has 0 saturated carbocycles. The van der Waals surface area contributed by atoms with E-state index in [2.05, 4.69) is 20.5 Å². The molecule has 1 saturated heterocycles. The molecule has 2 amide bonds. The number of rotatable bonds is 4. The summed E-state index contributed by atoms with van der Waals surface area (Å²) in [6, 6.07) is 15.0. The quantitative estimate of drug-likeness (QED) is 0.716. The monoisotopic (exact) mass is 389 g/mol. The van der Waals surface area contributed by atoms with E-state index in [9.17, 15) is 9.59 Å². The zero-order valence-electron chi connectivity index (χ0n) is 16.3. The number of nitrogens with one attached hydrogen (secondary N) is 2. The predicted octanol–water partition coefficient (Wildman–Crippen LogP) is 3.27. The highest BCUT2D eigenvalue weighted by molar-refractivity contribution is 5.95. The molecular weight excluding hydrogens is 366 g/mol. The van der Waals surface area contributed by atoms with E-state index >= 15 is 0 Å². The van der Waals surface area contributed by atoms with Crippen molar-refractivity contribution in [3.63, 3.8) is 0 Å². The van der Waals surface area contributed by atoms with Crippen molar-refractivity contribution in [2.45, 2.75) is 19.8 Å². The molecule has 4 rings (SSSR count). The number of nitrogens with zero attached hydrogens (tertiary/aromatic N) is 3. The number of hydrogen-bond acceptors (Lipinski definition) is 4. The molecule has 1 aromatic carbocycles. The van der Waals surface area contributed by atoms with Crippen molar-refractivity contribution in [2.24, 2.45) is 5.92 Å². The fourth-order valence-corrected chi connectivity index (χ4v) is 3.59. The molecule has 1 fully saturated rings. The molecule has 7 nitrogen and oxygen atoms in total. The Morgan fingerprint density at radius 2 is 2.03 bits per heavy atom. The van der Waals surface area contributed by atoms with Crippen molar-refractivity contribution >= 4 is 17.5 Å². The van der Waals surface area contributed by atoms with Gasteiger partial charge < -0.3 is 10.2 Å². The van der Waals surface area contributed by atoms with Gasteiger partial charge in [0.1, 0.15) is 11.4 Å². The van der Waals surface area contributed by atoms with Crippen molar-refractivity contribution < 1.29 is 9.59 Å². The first kappa shape index (κ1) is 18.9. The second kappa shape index (κ2) is 8.26. The van der Waals surface area contributed by atoms with Crippen LogP contribution in [0.4, 0.5) is 5.69 Å². The normalized spacial score (nSPS) is 16.4. The lowest BCUT2D eigenvalue weighted by Gasteiger charge is -2.31. The minimum absolute atomic E-state index is 0.0492. The molecular formula is C22H23N5O2. The van der Waals surface area contributed by atoms with Crippen molar-refractivity contribution in [3.8, 4) is 11.4 Å². The van der Waals surface area contributed by atoms with E-state index in [1.807, 2.05) is 49.4 Å². The standard InChI is InChI=1S/C22H23N5O2/c1-15-6-4-8-17(12-15)24-21(28)16-7-5-11-27(14-16)22(29)20-13-19(25-26-20)18-9-2-3-10-23-18/h2-4,6,8-10,12-13,16H,5,7,11,14H2,1H3,(H,24,28)(H,25,26)/t16-/m0/s1. The van der Waals surface area contributed by atoms with E-state index in [0.717, 1.165) is 24.1 Å². The highest BCUT2D eigenvalue weighted by Crippen LogP contribution is 2.22. The molecule has 0 spiro atoms. The van der Waals surface area contributed by atoms with Crippen LogP contribution >= 0.6 is 0 Å². The van der Waals surface area contributed by atoms with Crippen LogP contribution in [0, 0.1) is 12.8 Å². The third-order valence-electron chi connectivity index (χ3n) is 5.10. The first-order chi connectivity index (χ1) is 14.1. The van der Waals surface area contributed by atoms with Crippen LogP contribution in [0.2, 0.25) is 0 Å². The number of carbonyl (C=O) groups is 2. The van der Waals surface area contributed by atoms with Crippen LogP contribution in [0.5, 0.6) is 0 Å². The number of aromatic amines is 1. The van der Waals surface area contributed by atoms with Gasteiger partial charge >= 0.3 is 0 Å². The SMILES string of the molecule is Cc1cccc(NC(=O)[C@H]2CCCN(C(=O)c3cc(-c4ccccn4)n[nH]3)C2)c1. The van der Waals surface area contributed by atoms with E-state index in [4.69, 9.17) is 0 Å². The number of piperidine rings is 1. The van der Waals surface area contributed by atoms with Crippen LogP contribution in [-0.4, -0.2) is 45.0 Å². The molecule has 3 aromatic rings. The van der Waals surface area contributed by atoms with Crippen LogP contribution < -0.4 is 5.32 Å². The van der Waals surface area contributed by atoms with Gasteiger partial charge in [0.25, 0.3) is 5.91 Å². The summed E-state index contributed by atoms with van der Waals surface area (Å²) in [6.07, 6.45) is 3.25. The van der Waals surface area contributed by atoms with Gasteiger partial charge in [-0.1, -0.05) is 18.2 Å². The smallest absolute Gasteiger partial charge is 0.271 e. The topological polar surface area (TPSA) is 91.0 Å². The minimum atomic E-state index is -0.230. The van der Waals surface area contributed by atoms with Gasteiger partial charge in [-0.25, -0.2) is 0 Å². The van der Waals surface area contributed by atoms with Crippen LogP contribution in [0.1, 0.15) is 28.9 Å². The molecule has 1 aliphatic heterocycles. The number of hydrogen-bond donors (Lipinski definition) is 2. The van der Waals surface area contributed by atoms with Crippen molar-refractivity contribution in [3.05, 3.63) is 66.0 Å². The molecule has 0 radical (unpaired) electrons. The number of likely N-dealkylation sites (tertiary alicyclic amines) is 1. The fraction of sp³-hybridized carbons (Fsp3) is 0.273. The molecule has 3 heterocycles. The maximum Gasteiger partial charge on any atom is 0.271 e. The third-order valence-corrected chi connectivity index (χ3v) is 5.10. The summed E-state index contributed by atoms with van der Waals surface area (Å²) in [5, 5.41) is 9.99. The van der Waals surface area contributed by atoms with Crippen molar-refractivity contribution in [2.75, 3.05) is 18.4 Å². The van der Waals surface area contributed by atoms with Gasteiger partial charge in [0.05, 0.1) is 11.6 Å². The Morgan fingerprint density at radius 1 is 1.14 bits per heavy atom. The summed E-state index contributed by atoms with van der Waals surface area (Å²) >= 11 is 0.